The number of carbonyl (C=O) groups is 1. The van der Waals surface area contributed by atoms with Crippen LogP contribution < -0.4 is 0 Å². The summed E-state index contributed by atoms with van der Waals surface area (Å²) in [7, 11) is 0. The zero-order valence-corrected chi connectivity index (χ0v) is 12.6. The van der Waals surface area contributed by atoms with Crippen LogP contribution in [0.15, 0.2) is 24.3 Å². The van der Waals surface area contributed by atoms with E-state index in [4.69, 9.17) is 4.74 Å². The third-order valence-electron chi connectivity index (χ3n) is 3.89. The van der Waals surface area contributed by atoms with Crippen LogP contribution in [0.3, 0.4) is 0 Å². The number of aromatic amines is 1. The molecule has 3 rings (SSSR count). The quantitative estimate of drug-likeness (QED) is 0.926. The predicted molar refractivity (Wildman–Crippen MR) is 80.0 cm³/mol. The number of halogens is 1. The van der Waals surface area contributed by atoms with E-state index in [1.807, 2.05) is 6.92 Å². The first-order valence-corrected chi connectivity index (χ1v) is 7.27. The maximum absolute atomic E-state index is 13.3. The Morgan fingerprint density at radius 1 is 1.45 bits per heavy atom. The maximum Gasteiger partial charge on any atom is 0.272 e. The van der Waals surface area contributed by atoms with Gasteiger partial charge >= 0.3 is 0 Å². The monoisotopic (exact) mass is 303 g/mol. The molecule has 0 spiro atoms. The molecule has 2 aromatic rings. The van der Waals surface area contributed by atoms with Crippen molar-refractivity contribution in [3.8, 4) is 11.3 Å². The van der Waals surface area contributed by atoms with Gasteiger partial charge in [0.05, 0.1) is 24.9 Å². The van der Waals surface area contributed by atoms with Crippen molar-refractivity contribution in [2.45, 2.75) is 19.9 Å². The lowest BCUT2D eigenvalue weighted by Gasteiger charge is -2.32. The molecule has 1 amide bonds. The molecular weight excluding hydrogens is 285 g/mol. The van der Waals surface area contributed by atoms with Crippen LogP contribution in [0.5, 0.6) is 0 Å². The van der Waals surface area contributed by atoms with Crippen molar-refractivity contribution >= 4 is 5.91 Å². The summed E-state index contributed by atoms with van der Waals surface area (Å²) in [5, 5.41) is 6.95. The first-order valence-electron chi connectivity index (χ1n) is 7.27. The molecule has 1 saturated heterocycles. The van der Waals surface area contributed by atoms with Crippen molar-refractivity contribution in [1.29, 1.82) is 0 Å². The van der Waals surface area contributed by atoms with Gasteiger partial charge < -0.3 is 9.64 Å². The summed E-state index contributed by atoms with van der Waals surface area (Å²) in [6.07, 6.45) is 0. The van der Waals surface area contributed by atoms with Gasteiger partial charge in [0, 0.05) is 12.1 Å². The average Bonchev–Trinajstić information content (AvgIpc) is 3.00. The Morgan fingerprint density at radius 3 is 3.00 bits per heavy atom. The number of aryl methyl sites for hydroxylation is 1. The minimum absolute atomic E-state index is 0.0427. The Bertz CT molecular complexity index is 698. The number of hydrogen-bond acceptors (Lipinski definition) is 3. The van der Waals surface area contributed by atoms with E-state index >= 15 is 0 Å². The van der Waals surface area contributed by atoms with Crippen LogP contribution in [0.25, 0.3) is 11.3 Å². The zero-order valence-electron chi connectivity index (χ0n) is 12.6. The van der Waals surface area contributed by atoms with Crippen molar-refractivity contribution in [2.75, 3.05) is 19.8 Å². The summed E-state index contributed by atoms with van der Waals surface area (Å²) in [4.78, 5) is 14.3. The highest BCUT2D eigenvalue weighted by atomic mass is 19.1. The van der Waals surface area contributed by atoms with Crippen molar-refractivity contribution in [1.82, 2.24) is 15.1 Å². The molecular formula is C16H18FN3O2. The number of nitrogens with zero attached hydrogens (tertiary/aromatic N) is 2. The van der Waals surface area contributed by atoms with Crippen LogP contribution >= 0.6 is 0 Å². The van der Waals surface area contributed by atoms with E-state index in [2.05, 4.69) is 10.2 Å². The van der Waals surface area contributed by atoms with E-state index in [0.29, 0.717) is 36.7 Å². The molecule has 1 aromatic heterocycles. The van der Waals surface area contributed by atoms with Gasteiger partial charge in [0.2, 0.25) is 0 Å². The molecule has 116 valence electrons. The maximum atomic E-state index is 13.3. The Morgan fingerprint density at radius 2 is 2.27 bits per heavy atom. The minimum atomic E-state index is -0.252. The SMILES string of the molecule is Cc1cc(-c2cc(C(=O)N3CCOCC3C)[nH]n2)ccc1F. The molecule has 6 heteroatoms. The van der Waals surface area contributed by atoms with Crippen LogP contribution in [0.1, 0.15) is 23.0 Å². The third kappa shape index (κ3) is 2.74. The molecule has 0 saturated carbocycles. The predicted octanol–water partition coefficient (Wildman–Crippen LogP) is 2.39. The third-order valence-corrected chi connectivity index (χ3v) is 3.89. The first-order chi connectivity index (χ1) is 10.6. The molecule has 2 heterocycles. The summed E-state index contributed by atoms with van der Waals surface area (Å²) in [5.74, 6) is -0.342. The van der Waals surface area contributed by atoms with Gasteiger partial charge in [-0.3, -0.25) is 9.89 Å². The van der Waals surface area contributed by atoms with E-state index in [0.717, 1.165) is 5.56 Å². The molecule has 1 aliphatic heterocycles. The van der Waals surface area contributed by atoms with Gasteiger partial charge in [-0.05, 0) is 43.7 Å². The lowest BCUT2D eigenvalue weighted by molar-refractivity contribution is 0.00327. The van der Waals surface area contributed by atoms with Crippen LogP contribution in [0.4, 0.5) is 4.39 Å². The molecule has 1 unspecified atom stereocenters. The van der Waals surface area contributed by atoms with Gasteiger partial charge in [0.1, 0.15) is 11.5 Å². The second-order valence-electron chi connectivity index (χ2n) is 5.55. The second-order valence-corrected chi connectivity index (χ2v) is 5.55. The molecule has 1 aliphatic rings. The second kappa shape index (κ2) is 5.88. The van der Waals surface area contributed by atoms with Gasteiger partial charge in [-0.15, -0.1) is 0 Å². The fraction of sp³-hybridized carbons (Fsp3) is 0.375. The number of H-pyrrole nitrogens is 1. The number of benzene rings is 1. The molecule has 22 heavy (non-hydrogen) atoms. The summed E-state index contributed by atoms with van der Waals surface area (Å²) in [6, 6.07) is 6.53. The van der Waals surface area contributed by atoms with Crippen LogP contribution in [-0.4, -0.2) is 46.8 Å². The highest BCUT2D eigenvalue weighted by molar-refractivity contribution is 5.93. The number of ether oxygens (including phenoxy) is 1. The Kier molecular flexibility index (Phi) is 3.94. The number of rotatable bonds is 2. The highest BCUT2D eigenvalue weighted by Crippen LogP contribution is 2.21. The normalized spacial score (nSPS) is 18.5. The van der Waals surface area contributed by atoms with E-state index in [1.165, 1.54) is 6.07 Å². The number of hydrogen-bond donors (Lipinski definition) is 1. The topological polar surface area (TPSA) is 58.2 Å². The molecule has 1 fully saturated rings. The van der Waals surface area contributed by atoms with Gasteiger partial charge in [-0.1, -0.05) is 0 Å². The van der Waals surface area contributed by atoms with Crippen LogP contribution in [0.2, 0.25) is 0 Å². The number of carbonyl (C=O) groups excluding carboxylic acids is 1. The fourth-order valence-electron chi connectivity index (χ4n) is 2.57. The number of amides is 1. The number of morpholine rings is 1. The molecule has 1 N–H and O–H groups in total. The van der Waals surface area contributed by atoms with E-state index in [-0.39, 0.29) is 17.8 Å². The lowest BCUT2D eigenvalue weighted by atomic mass is 10.1. The molecule has 1 atom stereocenters. The van der Waals surface area contributed by atoms with Gasteiger partial charge in [0.25, 0.3) is 5.91 Å². The zero-order chi connectivity index (χ0) is 15.7. The molecule has 1 aromatic carbocycles. The lowest BCUT2D eigenvalue weighted by Crippen LogP contribution is -2.47. The van der Waals surface area contributed by atoms with E-state index in [1.54, 1.807) is 30.0 Å². The Balaban J connectivity index is 1.83. The minimum Gasteiger partial charge on any atom is -0.377 e. The van der Waals surface area contributed by atoms with Crippen LogP contribution in [-0.2, 0) is 4.74 Å². The van der Waals surface area contributed by atoms with Crippen LogP contribution in [0, 0.1) is 12.7 Å². The first kappa shape index (κ1) is 14.7. The largest absolute Gasteiger partial charge is 0.377 e. The van der Waals surface area contributed by atoms with E-state index < -0.39 is 0 Å². The fourth-order valence-corrected chi connectivity index (χ4v) is 2.57. The summed E-state index contributed by atoms with van der Waals surface area (Å²) < 4.78 is 18.7. The van der Waals surface area contributed by atoms with Crippen molar-refractivity contribution in [3.63, 3.8) is 0 Å². The van der Waals surface area contributed by atoms with Gasteiger partial charge in [-0.2, -0.15) is 5.10 Å². The molecule has 0 aliphatic carbocycles. The number of aromatic nitrogens is 2. The standard InChI is InChI=1S/C16H18FN3O2/c1-10-7-12(3-4-13(10)17)14-8-15(19-18-14)16(21)20-5-6-22-9-11(20)2/h3-4,7-8,11H,5-6,9H2,1-2H3,(H,18,19). The van der Waals surface area contributed by atoms with Crippen molar-refractivity contribution in [3.05, 3.63) is 41.3 Å². The van der Waals surface area contributed by atoms with Crippen molar-refractivity contribution < 1.29 is 13.9 Å². The summed E-state index contributed by atoms with van der Waals surface area (Å²) in [6.45, 7) is 5.33. The van der Waals surface area contributed by atoms with Crippen molar-refractivity contribution in [2.24, 2.45) is 0 Å². The molecule has 0 radical (unpaired) electrons. The van der Waals surface area contributed by atoms with E-state index in [9.17, 15) is 9.18 Å². The smallest absolute Gasteiger partial charge is 0.272 e. The number of nitrogens with one attached hydrogen (secondary N) is 1. The average molecular weight is 303 g/mol. The van der Waals surface area contributed by atoms with Gasteiger partial charge in [-0.25, -0.2) is 4.39 Å². The Labute approximate surface area is 128 Å². The summed E-state index contributed by atoms with van der Waals surface area (Å²) >= 11 is 0. The molecule has 5 nitrogen and oxygen atoms in total. The molecule has 0 bridgehead atoms. The highest BCUT2D eigenvalue weighted by Gasteiger charge is 2.26. The Hall–Kier alpha value is -2.21. The van der Waals surface area contributed by atoms with Gasteiger partial charge in [0.15, 0.2) is 0 Å². The summed E-state index contributed by atoms with van der Waals surface area (Å²) in [5.41, 5.74) is 2.40.